The van der Waals surface area contributed by atoms with E-state index in [0.29, 0.717) is 17.1 Å². The number of likely N-dealkylation sites (N-methyl/N-ethyl adjacent to an activating group) is 1. The molecule has 0 spiro atoms. The van der Waals surface area contributed by atoms with Crippen molar-refractivity contribution in [3.63, 3.8) is 0 Å². The van der Waals surface area contributed by atoms with Gasteiger partial charge in [-0.3, -0.25) is 15.1 Å². The lowest BCUT2D eigenvalue weighted by Gasteiger charge is -2.22. The van der Waals surface area contributed by atoms with Gasteiger partial charge in [0.1, 0.15) is 5.82 Å². The number of aromatic nitrogens is 2. The van der Waals surface area contributed by atoms with E-state index in [1.165, 1.54) is 25.0 Å². The van der Waals surface area contributed by atoms with E-state index < -0.39 is 4.92 Å². The summed E-state index contributed by atoms with van der Waals surface area (Å²) in [6, 6.07) is 5.04. The van der Waals surface area contributed by atoms with Crippen molar-refractivity contribution in [3.8, 4) is 0 Å². The molecule has 0 radical (unpaired) electrons. The van der Waals surface area contributed by atoms with Crippen molar-refractivity contribution in [3.05, 3.63) is 34.5 Å². The Morgan fingerprint density at radius 2 is 2.33 bits per heavy atom. The highest BCUT2D eigenvalue weighted by atomic mass is 16.6. The molecule has 3 rings (SSSR count). The molecule has 7 heteroatoms. The molecule has 1 aliphatic rings. The second kappa shape index (κ2) is 5.61. The van der Waals surface area contributed by atoms with E-state index in [1.54, 1.807) is 12.3 Å². The summed E-state index contributed by atoms with van der Waals surface area (Å²) in [4.78, 5) is 21.2. The molecule has 2 heterocycles. The monoisotopic (exact) mass is 287 g/mol. The van der Waals surface area contributed by atoms with Crippen molar-refractivity contribution in [2.45, 2.75) is 18.9 Å². The first-order chi connectivity index (χ1) is 10.1. The van der Waals surface area contributed by atoms with Crippen molar-refractivity contribution in [1.29, 1.82) is 0 Å². The standard InChI is InChI=1S/C14H17N5O2/c1-18(9-10-3-2-6-15-10)14-8-16-13-7-11(19(20)21)4-5-12(13)17-14/h4-5,7-8,10,15H,2-3,6,9H2,1H3/t10-/m1/s1. The molecule has 1 aromatic heterocycles. The number of fused-ring (bicyclic) bond motifs is 1. The highest BCUT2D eigenvalue weighted by Gasteiger charge is 2.17. The van der Waals surface area contributed by atoms with Crippen molar-refractivity contribution < 1.29 is 4.92 Å². The van der Waals surface area contributed by atoms with Gasteiger partial charge in [0.25, 0.3) is 5.69 Å². The number of nitrogens with zero attached hydrogens (tertiary/aromatic N) is 4. The Kier molecular flexibility index (Phi) is 3.66. The highest BCUT2D eigenvalue weighted by molar-refractivity contribution is 5.78. The number of non-ortho nitro benzene ring substituents is 1. The Bertz CT molecular complexity index is 669. The predicted octanol–water partition coefficient (Wildman–Crippen LogP) is 1.73. The molecule has 21 heavy (non-hydrogen) atoms. The van der Waals surface area contributed by atoms with Crippen molar-refractivity contribution >= 4 is 22.5 Å². The van der Waals surface area contributed by atoms with E-state index in [2.05, 4.69) is 20.2 Å². The topological polar surface area (TPSA) is 84.2 Å². The molecule has 0 unspecified atom stereocenters. The van der Waals surface area contributed by atoms with Gasteiger partial charge >= 0.3 is 0 Å². The molecular formula is C14H17N5O2. The lowest BCUT2D eigenvalue weighted by atomic mass is 10.2. The van der Waals surface area contributed by atoms with Gasteiger partial charge in [0.2, 0.25) is 0 Å². The zero-order valence-electron chi connectivity index (χ0n) is 11.8. The number of nitro groups is 1. The molecule has 1 N–H and O–H groups in total. The first-order valence-corrected chi connectivity index (χ1v) is 6.99. The van der Waals surface area contributed by atoms with Crippen LogP contribution in [0.5, 0.6) is 0 Å². The third-order valence-electron chi connectivity index (χ3n) is 3.77. The van der Waals surface area contributed by atoms with Crippen molar-refractivity contribution in [1.82, 2.24) is 15.3 Å². The summed E-state index contributed by atoms with van der Waals surface area (Å²) in [5.74, 6) is 0.782. The van der Waals surface area contributed by atoms with E-state index in [9.17, 15) is 10.1 Å². The van der Waals surface area contributed by atoms with Crippen LogP contribution in [0.15, 0.2) is 24.4 Å². The van der Waals surface area contributed by atoms with Crippen molar-refractivity contribution in [2.75, 3.05) is 25.0 Å². The Balaban J connectivity index is 1.83. The maximum absolute atomic E-state index is 10.8. The fraction of sp³-hybridized carbons (Fsp3) is 0.429. The van der Waals surface area contributed by atoms with E-state index in [4.69, 9.17) is 0 Å². The first kappa shape index (κ1) is 13.7. The summed E-state index contributed by atoms with van der Waals surface area (Å²) in [5, 5.41) is 14.2. The summed E-state index contributed by atoms with van der Waals surface area (Å²) in [6.07, 6.45) is 4.06. The molecule has 0 bridgehead atoms. The highest BCUT2D eigenvalue weighted by Crippen LogP contribution is 2.20. The number of nitro benzene ring substituents is 1. The fourth-order valence-corrected chi connectivity index (χ4v) is 2.62. The van der Waals surface area contributed by atoms with Gasteiger partial charge in [-0.15, -0.1) is 0 Å². The zero-order valence-corrected chi connectivity index (χ0v) is 11.8. The largest absolute Gasteiger partial charge is 0.357 e. The summed E-state index contributed by atoms with van der Waals surface area (Å²) >= 11 is 0. The van der Waals surface area contributed by atoms with Gasteiger partial charge in [0, 0.05) is 31.8 Å². The number of benzene rings is 1. The summed E-state index contributed by atoms with van der Waals surface area (Å²) in [5.41, 5.74) is 1.25. The Morgan fingerprint density at radius 3 is 3.05 bits per heavy atom. The SMILES string of the molecule is CN(C[C@H]1CCCN1)c1cnc2cc([N+](=O)[O-])ccc2n1. The van der Waals surface area contributed by atoms with Crippen molar-refractivity contribution in [2.24, 2.45) is 0 Å². The minimum Gasteiger partial charge on any atom is -0.357 e. The smallest absolute Gasteiger partial charge is 0.271 e. The molecule has 1 aliphatic heterocycles. The minimum atomic E-state index is -0.424. The van der Waals surface area contributed by atoms with Crippen LogP contribution in [0.2, 0.25) is 0 Å². The van der Waals surface area contributed by atoms with Crippen LogP contribution in [0.4, 0.5) is 11.5 Å². The lowest BCUT2D eigenvalue weighted by Crippen LogP contribution is -2.35. The second-order valence-corrected chi connectivity index (χ2v) is 5.33. The average Bonchev–Trinajstić information content (AvgIpc) is 2.99. The fourth-order valence-electron chi connectivity index (χ4n) is 2.62. The molecule has 1 atom stereocenters. The summed E-state index contributed by atoms with van der Waals surface area (Å²) in [6.45, 7) is 1.96. The number of hydrogen-bond donors (Lipinski definition) is 1. The maximum Gasteiger partial charge on any atom is 0.271 e. The Labute approximate surface area is 122 Å². The number of hydrogen-bond acceptors (Lipinski definition) is 6. The summed E-state index contributed by atoms with van der Waals surface area (Å²) < 4.78 is 0. The Hall–Kier alpha value is -2.28. The number of nitrogens with one attached hydrogen (secondary N) is 1. The third kappa shape index (κ3) is 2.92. The Morgan fingerprint density at radius 1 is 1.48 bits per heavy atom. The molecule has 7 nitrogen and oxygen atoms in total. The van der Waals surface area contributed by atoms with E-state index in [-0.39, 0.29) is 5.69 Å². The molecule has 1 saturated heterocycles. The van der Waals surface area contributed by atoms with Crippen LogP contribution >= 0.6 is 0 Å². The lowest BCUT2D eigenvalue weighted by molar-refractivity contribution is -0.384. The van der Waals surface area contributed by atoms with Gasteiger partial charge in [-0.1, -0.05) is 0 Å². The van der Waals surface area contributed by atoms with Crippen LogP contribution in [-0.4, -0.2) is 41.1 Å². The van der Waals surface area contributed by atoms with E-state index in [1.807, 2.05) is 7.05 Å². The van der Waals surface area contributed by atoms with Crippen LogP contribution in [0.25, 0.3) is 11.0 Å². The van der Waals surface area contributed by atoms with Gasteiger partial charge in [-0.25, -0.2) is 4.98 Å². The molecule has 2 aromatic rings. The van der Waals surface area contributed by atoms with Crippen LogP contribution in [0.3, 0.4) is 0 Å². The molecule has 0 aliphatic carbocycles. The second-order valence-electron chi connectivity index (χ2n) is 5.33. The van der Waals surface area contributed by atoms with E-state index >= 15 is 0 Å². The number of anilines is 1. The van der Waals surface area contributed by atoms with Crippen LogP contribution < -0.4 is 10.2 Å². The normalized spacial score (nSPS) is 18.0. The molecule has 110 valence electrons. The van der Waals surface area contributed by atoms with Crippen LogP contribution in [-0.2, 0) is 0 Å². The quantitative estimate of drug-likeness (QED) is 0.681. The molecule has 1 fully saturated rings. The number of rotatable bonds is 4. The average molecular weight is 287 g/mol. The molecular weight excluding hydrogens is 270 g/mol. The van der Waals surface area contributed by atoms with Gasteiger partial charge in [0.15, 0.2) is 0 Å². The molecule has 0 amide bonds. The van der Waals surface area contributed by atoms with Gasteiger partial charge in [-0.05, 0) is 25.5 Å². The minimum absolute atomic E-state index is 0.0352. The maximum atomic E-state index is 10.8. The van der Waals surface area contributed by atoms with Gasteiger partial charge in [0.05, 0.1) is 22.2 Å². The summed E-state index contributed by atoms with van der Waals surface area (Å²) in [7, 11) is 1.99. The third-order valence-corrected chi connectivity index (χ3v) is 3.77. The van der Waals surface area contributed by atoms with E-state index in [0.717, 1.165) is 18.9 Å². The molecule has 1 aromatic carbocycles. The van der Waals surface area contributed by atoms with Gasteiger partial charge < -0.3 is 10.2 Å². The van der Waals surface area contributed by atoms with Gasteiger partial charge in [-0.2, -0.15) is 0 Å². The predicted molar refractivity (Wildman–Crippen MR) is 80.5 cm³/mol. The van der Waals surface area contributed by atoms with Crippen LogP contribution in [0.1, 0.15) is 12.8 Å². The molecule has 0 saturated carbocycles. The zero-order chi connectivity index (χ0) is 14.8. The first-order valence-electron chi connectivity index (χ1n) is 6.99. The van der Waals surface area contributed by atoms with Crippen LogP contribution in [0, 0.1) is 10.1 Å².